The molecule has 1 aromatic rings. The fourth-order valence-corrected chi connectivity index (χ4v) is 2.98. The highest BCUT2D eigenvalue weighted by atomic mass is 35.5. The average Bonchev–Trinajstić information content (AvgIpc) is 2.47. The van der Waals surface area contributed by atoms with Gasteiger partial charge in [-0.3, -0.25) is 4.79 Å². The lowest BCUT2D eigenvalue weighted by Crippen LogP contribution is -2.27. The minimum Gasteiger partial charge on any atom is -0.507 e. The summed E-state index contributed by atoms with van der Waals surface area (Å²) in [5.41, 5.74) is 3.99. The molecule has 1 aromatic carbocycles. The molecule has 1 fully saturated rings. The van der Waals surface area contributed by atoms with E-state index in [0.29, 0.717) is 16.4 Å². The number of aromatic hydroxyl groups is 1. The Morgan fingerprint density at radius 2 is 1.95 bits per heavy atom. The predicted molar refractivity (Wildman–Crippen MR) is 89.4 cm³/mol. The van der Waals surface area contributed by atoms with Gasteiger partial charge in [0.2, 0.25) is 0 Å². The summed E-state index contributed by atoms with van der Waals surface area (Å²) in [5, 5.41) is 14.3. The zero-order chi connectivity index (χ0) is 16.3. The normalized spacial score (nSPS) is 18.9. The van der Waals surface area contributed by atoms with E-state index in [4.69, 9.17) is 11.6 Å². The molecular weight excluding hydrogens is 300 g/mol. The Hall–Kier alpha value is -1.55. The number of carbonyl (C=O) groups is 1. The third kappa shape index (κ3) is 4.23. The van der Waals surface area contributed by atoms with E-state index in [1.54, 1.807) is 0 Å². The first kappa shape index (κ1) is 16.8. The largest absolute Gasteiger partial charge is 0.507 e. The molecule has 0 atom stereocenters. The van der Waals surface area contributed by atoms with E-state index < -0.39 is 5.91 Å². The van der Waals surface area contributed by atoms with Crippen molar-refractivity contribution in [3.05, 3.63) is 28.8 Å². The minimum absolute atomic E-state index is 0.0986. The topological polar surface area (TPSA) is 61.7 Å². The number of nitrogens with zero attached hydrogens (tertiary/aromatic N) is 1. The quantitative estimate of drug-likeness (QED) is 0.794. The molecule has 0 aliphatic heterocycles. The third-order valence-electron chi connectivity index (χ3n) is 4.31. The predicted octanol–water partition coefficient (Wildman–Crippen LogP) is 4.37. The SMILES string of the molecule is CC(C)(C)C1CCC(=NNC(=O)c2cc(Cl)ccc2O)CC1. The van der Waals surface area contributed by atoms with E-state index in [-0.39, 0.29) is 11.3 Å². The number of halogens is 1. The average molecular weight is 323 g/mol. The number of amides is 1. The van der Waals surface area contributed by atoms with Gasteiger partial charge in [-0.15, -0.1) is 0 Å². The van der Waals surface area contributed by atoms with Crippen molar-refractivity contribution in [2.24, 2.45) is 16.4 Å². The molecule has 0 heterocycles. The molecule has 0 unspecified atom stereocenters. The van der Waals surface area contributed by atoms with Crippen LogP contribution in [0.25, 0.3) is 0 Å². The van der Waals surface area contributed by atoms with Crippen molar-refractivity contribution < 1.29 is 9.90 Å². The van der Waals surface area contributed by atoms with E-state index in [1.165, 1.54) is 18.2 Å². The molecule has 0 radical (unpaired) electrons. The van der Waals surface area contributed by atoms with Crippen LogP contribution >= 0.6 is 11.6 Å². The molecule has 0 saturated heterocycles. The fraction of sp³-hybridized carbons (Fsp3) is 0.529. The number of hydrazone groups is 1. The summed E-state index contributed by atoms with van der Waals surface area (Å²) in [6.07, 6.45) is 4.01. The van der Waals surface area contributed by atoms with Crippen LogP contribution in [0.2, 0.25) is 5.02 Å². The second-order valence-electron chi connectivity index (χ2n) is 6.92. The first-order valence-electron chi connectivity index (χ1n) is 7.61. The number of carbonyl (C=O) groups excluding carboxylic acids is 1. The molecule has 1 saturated carbocycles. The van der Waals surface area contributed by atoms with Crippen LogP contribution in [0.15, 0.2) is 23.3 Å². The lowest BCUT2D eigenvalue weighted by atomic mass is 9.72. The van der Waals surface area contributed by atoms with Gasteiger partial charge in [0.1, 0.15) is 5.75 Å². The molecule has 0 bridgehead atoms. The Labute approximate surface area is 136 Å². The molecule has 120 valence electrons. The van der Waals surface area contributed by atoms with Gasteiger partial charge in [0.15, 0.2) is 0 Å². The van der Waals surface area contributed by atoms with Crippen LogP contribution in [-0.4, -0.2) is 16.7 Å². The Kier molecular flexibility index (Phi) is 5.12. The zero-order valence-corrected chi connectivity index (χ0v) is 14.1. The Morgan fingerprint density at radius 1 is 1.32 bits per heavy atom. The molecule has 1 amide bonds. The van der Waals surface area contributed by atoms with Crippen molar-refractivity contribution >= 4 is 23.2 Å². The Balaban J connectivity index is 1.95. The van der Waals surface area contributed by atoms with E-state index in [0.717, 1.165) is 31.4 Å². The molecule has 0 aromatic heterocycles. The summed E-state index contributed by atoms with van der Waals surface area (Å²) in [5.74, 6) is 0.156. The summed E-state index contributed by atoms with van der Waals surface area (Å²) in [6, 6.07) is 4.37. The van der Waals surface area contributed by atoms with Crippen molar-refractivity contribution in [2.75, 3.05) is 0 Å². The zero-order valence-electron chi connectivity index (χ0n) is 13.3. The second kappa shape index (κ2) is 6.69. The van der Waals surface area contributed by atoms with Crippen molar-refractivity contribution in [2.45, 2.75) is 46.5 Å². The van der Waals surface area contributed by atoms with Crippen molar-refractivity contribution in [1.82, 2.24) is 5.43 Å². The second-order valence-corrected chi connectivity index (χ2v) is 7.36. The van der Waals surface area contributed by atoms with Crippen LogP contribution in [0.1, 0.15) is 56.8 Å². The van der Waals surface area contributed by atoms with Gasteiger partial charge in [-0.1, -0.05) is 32.4 Å². The molecule has 4 nitrogen and oxygen atoms in total. The van der Waals surface area contributed by atoms with Crippen molar-refractivity contribution in [3.63, 3.8) is 0 Å². The summed E-state index contributed by atoms with van der Waals surface area (Å²) >= 11 is 5.84. The maximum Gasteiger partial charge on any atom is 0.275 e. The number of hydrogen-bond acceptors (Lipinski definition) is 3. The lowest BCUT2D eigenvalue weighted by Gasteiger charge is -2.34. The van der Waals surface area contributed by atoms with Crippen molar-refractivity contribution in [1.29, 1.82) is 0 Å². The smallest absolute Gasteiger partial charge is 0.275 e. The Bertz CT molecular complexity index is 581. The number of nitrogens with one attached hydrogen (secondary N) is 1. The van der Waals surface area contributed by atoms with Gasteiger partial charge < -0.3 is 5.11 Å². The van der Waals surface area contributed by atoms with Gasteiger partial charge in [0.05, 0.1) is 5.56 Å². The van der Waals surface area contributed by atoms with Gasteiger partial charge in [0.25, 0.3) is 5.91 Å². The van der Waals surface area contributed by atoms with E-state index in [9.17, 15) is 9.90 Å². The maximum atomic E-state index is 12.0. The monoisotopic (exact) mass is 322 g/mol. The minimum atomic E-state index is -0.439. The van der Waals surface area contributed by atoms with E-state index >= 15 is 0 Å². The van der Waals surface area contributed by atoms with Crippen LogP contribution in [0, 0.1) is 11.3 Å². The van der Waals surface area contributed by atoms with Gasteiger partial charge in [-0.05, 0) is 55.2 Å². The third-order valence-corrected chi connectivity index (χ3v) is 4.54. The van der Waals surface area contributed by atoms with E-state index in [1.807, 2.05) is 0 Å². The molecular formula is C17H23ClN2O2. The Morgan fingerprint density at radius 3 is 2.55 bits per heavy atom. The molecule has 22 heavy (non-hydrogen) atoms. The van der Waals surface area contributed by atoms with Gasteiger partial charge in [-0.25, -0.2) is 5.43 Å². The van der Waals surface area contributed by atoms with Crippen LogP contribution < -0.4 is 5.43 Å². The molecule has 2 rings (SSSR count). The highest BCUT2D eigenvalue weighted by Crippen LogP contribution is 2.36. The highest BCUT2D eigenvalue weighted by molar-refractivity contribution is 6.31. The number of rotatable bonds is 2. The van der Waals surface area contributed by atoms with Gasteiger partial charge >= 0.3 is 0 Å². The van der Waals surface area contributed by atoms with Crippen LogP contribution in [0.4, 0.5) is 0 Å². The summed E-state index contributed by atoms with van der Waals surface area (Å²) in [6.45, 7) is 6.80. The first-order valence-corrected chi connectivity index (χ1v) is 7.99. The molecule has 2 N–H and O–H groups in total. The fourth-order valence-electron chi connectivity index (χ4n) is 2.81. The van der Waals surface area contributed by atoms with Crippen LogP contribution in [0.5, 0.6) is 5.75 Å². The van der Waals surface area contributed by atoms with Crippen molar-refractivity contribution in [3.8, 4) is 5.75 Å². The molecule has 1 aliphatic carbocycles. The standard InChI is InChI=1S/C17H23ClN2O2/c1-17(2,3)11-4-7-13(8-5-11)19-20-16(22)14-10-12(18)6-9-15(14)21/h6,9-11,21H,4-5,7-8H2,1-3H3,(H,20,22). The van der Waals surface area contributed by atoms with Gasteiger partial charge in [0, 0.05) is 10.7 Å². The molecule has 0 spiro atoms. The van der Waals surface area contributed by atoms with Crippen LogP contribution in [-0.2, 0) is 0 Å². The first-order chi connectivity index (χ1) is 10.3. The summed E-state index contributed by atoms with van der Waals surface area (Å²) in [7, 11) is 0. The summed E-state index contributed by atoms with van der Waals surface area (Å²) in [4.78, 5) is 12.0. The number of phenols is 1. The lowest BCUT2D eigenvalue weighted by molar-refractivity contribution is 0.0951. The van der Waals surface area contributed by atoms with Crippen LogP contribution in [0.3, 0.4) is 0 Å². The highest BCUT2D eigenvalue weighted by Gasteiger charge is 2.28. The van der Waals surface area contributed by atoms with Gasteiger partial charge in [-0.2, -0.15) is 5.10 Å². The summed E-state index contributed by atoms with van der Waals surface area (Å²) < 4.78 is 0. The number of benzene rings is 1. The number of phenolic OH excluding ortho intramolecular Hbond substituents is 1. The van der Waals surface area contributed by atoms with E-state index in [2.05, 4.69) is 31.3 Å². The maximum absolute atomic E-state index is 12.0. The number of hydrogen-bond donors (Lipinski definition) is 2. The molecule has 1 aliphatic rings. The molecule has 5 heteroatoms.